The highest BCUT2D eigenvalue weighted by molar-refractivity contribution is 7.56. The molecule has 1 fully saturated rings. The van der Waals surface area contributed by atoms with Gasteiger partial charge < -0.3 is 9.47 Å². The van der Waals surface area contributed by atoms with E-state index < -0.39 is 0 Å². The van der Waals surface area contributed by atoms with Crippen LogP contribution in [0, 0.1) is 0 Å². The number of hydrogen-bond acceptors (Lipinski definition) is 4. The molecule has 0 spiro atoms. The molecule has 2 aromatic rings. The van der Waals surface area contributed by atoms with Gasteiger partial charge in [-0.1, -0.05) is 80.5 Å². The van der Waals surface area contributed by atoms with Crippen molar-refractivity contribution >= 4 is 25.4 Å². The topological polar surface area (TPSA) is 34.1 Å². The molecule has 1 atom stereocenters. The minimum Gasteiger partial charge on any atom is -0.467 e. The molecule has 3 rings (SSSR count). The highest BCUT2D eigenvalue weighted by Gasteiger charge is 2.26. The van der Waals surface area contributed by atoms with Crippen LogP contribution in [0.1, 0.15) is 77.5 Å². The van der Waals surface area contributed by atoms with E-state index in [0.29, 0.717) is 8.58 Å². The Morgan fingerprint density at radius 1 is 0.939 bits per heavy atom. The van der Waals surface area contributed by atoms with Crippen molar-refractivity contribution in [1.29, 1.82) is 0 Å². The largest absolute Gasteiger partial charge is 0.467 e. The zero-order valence-corrected chi connectivity index (χ0v) is 22.5. The standard InChI is InChI=1S/C28H41N2O2P/c1-27(2,3)22-17-23(28(4,5)6)26(32-20-31-7)25(18-22)33-24-14-10-9-13-21(24)19-29-30-15-11-8-12-16-30/h9-10,13-14,17-19,33H,8,11-12,15-16,20H2,1-7H3. The van der Waals surface area contributed by atoms with Crippen LogP contribution in [0.2, 0.25) is 0 Å². The molecule has 0 aromatic heterocycles. The molecule has 0 saturated carbocycles. The first-order valence-corrected chi connectivity index (χ1v) is 13.1. The Labute approximate surface area is 202 Å². The molecule has 4 nitrogen and oxygen atoms in total. The maximum absolute atomic E-state index is 6.22. The maximum Gasteiger partial charge on any atom is 0.188 e. The second-order valence-electron chi connectivity index (χ2n) is 10.9. The van der Waals surface area contributed by atoms with Gasteiger partial charge in [-0.3, -0.25) is 5.01 Å². The third-order valence-corrected chi connectivity index (χ3v) is 7.37. The summed E-state index contributed by atoms with van der Waals surface area (Å²) in [6.07, 6.45) is 5.82. The van der Waals surface area contributed by atoms with Gasteiger partial charge in [-0.2, -0.15) is 5.10 Å². The van der Waals surface area contributed by atoms with Crippen LogP contribution in [0.15, 0.2) is 41.5 Å². The lowest BCUT2D eigenvalue weighted by Crippen LogP contribution is -2.25. The summed E-state index contributed by atoms with van der Waals surface area (Å²) in [7, 11) is 2.14. The molecule has 1 aliphatic rings. The second-order valence-corrected chi connectivity index (χ2v) is 12.2. The number of benzene rings is 2. The van der Waals surface area contributed by atoms with E-state index in [1.165, 1.54) is 46.6 Å². The molecule has 0 amide bonds. The van der Waals surface area contributed by atoms with E-state index in [9.17, 15) is 0 Å². The average Bonchev–Trinajstić information content (AvgIpc) is 2.76. The smallest absolute Gasteiger partial charge is 0.188 e. The van der Waals surface area contributed by atoms with Gasteiger partial charge in [0.05, 0.1) is 6.21 Å². The Kier molecular flexibility index (Phi) is 8.59. The van der Waals surface area contributed by atoms with Gasteiger partial charge in [0, 0.05) is 36.6 Å². The lowest BCUT2D eigenvalue weighted by Gasteiger charge is -2.29. The second kappa shape index (κ2) is 11.0. The van der Waals surface area contributed by atoms with Crippen molar-refractivity contribution in [3.8, 4) is 5.75 Å². The Morgan fingerprint density at radius 3 is 2.27 bits per heavy atom. The number of nitrogens with zero attached hydrogens (tertiary/aromatic N) is 2. The molecule has 5 heteroatoms. The van der Waals surface area contributed by atoms with Crippen LogP contribution in [0.3, 0.4) is 0 Å². The molecular weight excluding hydrogens is 427 g/mol. The SMILES string of the molecule is COCOc1c(Pc2ccccc2C=NN2CCCCC2)cc(C(C)(C)C)cc1C(C)(C)C. The van der Waals surface area contributed by atoms with Gasteiger partial charge in [0.25, 0.3) is 0 Å². The molecule has 1 aliphatic heterocycles. The van der Waals surface area contributed by atoms with Crippen LogP contribution in [0.25, 0.3) is 0 Å². The first-order valence-electron chi connectivity index (χ1n) is 12.1. The third-order valence-electron chi connectivity index (χ3n) is 6.01. The number of piperidine rings is 1. The summed E-state index contributed by atoms with van der Waals surface area (Å²) < 4.78 is 11.5. The lowest BCUT2D eigenvalue weighted by atomic mass is 9.80. The van der Waals surface area contributed by atoms with Gasteiger partial charge >= 0.3 is 0 Å². The molecule has 33 heavy (non-hydrogen) atoms. The van der Waals surface area contributed by atoms with Crippen molar-refractivity contribution in [1.82, 2.24) is 5.01 Å². The van der Waals surface area contributed by atoms with Crippen LogP contribution in [-0.4, -0.2) is 38.2 Å². The van der Waals surface area contributed by atoms with Gasteiger partial charge in [0.1, 0.15) is 5.75 Å². The van der Waals surface area contributed by atoms with Crippen LogP contribution < -0.4 is 15.3 Å². The minimum atomic E-state index is -0.0429. The van der Waals surface area contributed by atoms with E-state index in [0.717, 1.165) is 18.8 Å². The predicted molar refractivity (Wildman–Crippen MR) is 143 cm³/mol. The fourth-order valence-electron chi connectivity index (χ4n) is 3.99. The van der Waals surface area contributed by atoms with E-state index in [2.05, 4.69) is 82.9 Å². The summed E-state index contributed by atoms with van der Waals surface area (Å²) in [5, 5.41) is 9.51. The molecular formula is C28H41N2O2P. The summed E-state index contributed by atoms with van der Waals surface area (Å²) in [6.45, 7) is 15.9. The van der Waals surface area contributed by atoms with Crippen molar-refractivity contribution in [2.45, 2.75) is 71.6 Å². The van der Waals surface area contributed by atoms with Crippen molar-refractivity contribution in [2.24, 2.45) is 5.10 Å². The summed E-state index contributed by atoms with van der Waals surface area (Å²) in [5.74, 6) is 0.957. The van der Waals surface area contributed by atoms with E-state index in [1.54, 1.807) is 7.11 Å². The number of ether oxygens (including phenoxy) is 2. The van der Waals surface area contributed by atoms with Crippen molar-refractivity contribution in [3.05, 3.63) is 53.1 Å². The van der Waals surface area contributed by atoms with Crippen LogP contribution in [0.5, 0.6) is 5.75 Å². The van der Waals surface area contributed by atoms with Gasteiger partial charge in [-0.05, 0) is 47.0 Å². The van der Waals surface area contributed by atoms with Gasteiger partial charge in [-0.25, -0.2) is 0 Å². The highest BCUT2D eigenvalue weighted by Crippen LogP contribution is 2.37. The normalized spacial score (nSPS) is 15.7. The van der Waals surface area contributed by atoms with Gasteiger partial charge in [0.15, 0.2) is 6.79 Å². The molecule has 180 valence electrons. The number of rotatable bonds is 7. The molecule has 0 aliphatic carbocycles. The average molecular weight is 469 g/mol. The van der Waals surface area contributed by atoms with Crippen LogP contribution in [-0.2, 0) is 15.6 Å². The summed E-state index contributed by atoms with van der Waals surface area (Å²) in [4.78, 5) is 0. The third kappa shape index (κ3) is 7.04. The van der Waals surface area contributed by atoms with E-state index >= 15 is 0 Å². The predicted octanol–water partition coefficient (Wildman–Crippen LogP) is 5.71. The number of hydrazone groups is 1. The summed E-state index contributed by atoms with van der Waals surface area (Å²) in [5.41, 5.74) is 3.75. The maximum atomic E-state index is 6.22. The molecule has 0 bridgehead atoms. The number of methoxy groups -OCH3 is 1. The van der Waals surface area contributed by atoms with Crippen LogP contribution in [0.4, 0.5) is 0 Å². The van der Waals surface area contributed by atoms with Gasteiger partial charge in [0.2, 0.25) is 0 Å². The quantitative estimate of drug-likeness (QED) is 0.296. The fourth-order valence-corrected chi connectivity index (χ4v) is 5.30. The summed E-state index contributed by atoms with van der Waals surface area (Å²) in [6, 6.07) is 13.3. The Hall–Kier alpha value is -1.90. The monoisotopic (exact) mass is 468 g/mol. The Morgan fingerprint density at radius 2 is 1.64 bits per heavy atom. The van der Waals surface area contributed by atoms with E-state index in [-0.39, 0.29) is 17.6 Å². The lowest BCUT2D eigenvalue weighted by molar-refractivity contribution is 0.0506. The van der Waals surface area contributed by atoms with E-state index in [1.807, 2.05) is 6.21 Å². The van der Waals surface area contributed by atoms with Crippen molar-refractivity contribution in [3.63, 3.8) is 0 Å². The Bertz CT molecular complexity index is 951. The van der Waals surface area contributed by atoms with Crippen LogP contribution >= 0.6 is 8.58 Å². The Balaban J connectivity index is 2.04. The zero-order valence-electron chi connectivity index (χ0n) is 21.5. The molecule has 1 saturated heterocycles. The minimum absolute atomic E-state index is 0.0429. The number of hydrogen-bond donors (Lipinski definition) is 0. The van der Waals surface area contributed by atoms with Crippen molar-refractivity contribution in [2.75, 3.05) is 27.0 Å². The molecule has 0 radical (unpaired) electrons. The first-order chi connectivity index (χ1) is 15.6. The molecule has 1 unspecified atom stereocenters. The molecule has 2 aromatic carbocycles. The highest BCUT2D eigenvalue weighted by atomic mass is 31.1. The van der Waals surface area contributed by atoms with Crippen molar-refractivity contribution < 1.29 is 9.47 Å². The van der Waals surface area contributed by atoms with Gasteiger partial charge in [-0.15, -0.1) is 0 Å². The molecule has 0 N–H and O–H groups in total. The first kappa shape index (κ1) is 25.7. The van der Waals surface area contributed by atoms with E-state index in [4.69, 9.17) is 14.6 Å². The fraction of sp³-hybridized carbons (Fsp3) is 0.536. The zero-order chi connectivity index (χ0) is 24.1. The molecule has 1 heterocycles. The summed E-state index contributed by atoms with van der Waals surface area (Å²) >= 11 is 0.